The van der Waals surface area contributed by atoms with Gasteiger partial charge in [-0.3, -0.25) is 9.69 Å². The average Bonchev–Trinajstić information content (AvgIpc) is 3.10. The summed E-state index contributed by atoms with van der Waals surface area (Å²) in [6, 6.07) is 12.4. The summed E-state index contributed by atoms with van der Waals surface area (Å²) in [6.07, 6.45) is 0.406. The first-order valence-electron chi connectivity index (χ1n) is 11.3. The Morgan fingerprint density at radius 3 is 2.53 bits per heavy atom. The van der Waals surface area contributed by atoms with E-state index in [2.05, 4.69) is 52.9 Å². The standard InChI is InChI=1S/C25H29N5O2/c1-17-15-20-21(16-18(17)2)28-25-24(27-20)19-5-3-4-6-22(19)30(25)9-7-23(31)26-8-10-29-11-13-32-14-12-29/h3-6,15-16H,7-14H2,1-2H3,(H,26,31). The molecule has 32 heavy (non-hydrogen) atoms. The zero-order valence-corrected chi connectivity index (χ0v) is 18.7. The third-order valence-corrected chi connectivity index (χ3v) is 6.38. The molecule has 1 amide bonds. The highest BCUT2D eigenvalue weighted by Gasteiger charge is 2.16. The van der Waals surface area contributed by atoms with Gasteiger partial charge in [-0.05, 0) is 43.2 Å². The van der Waals surface area contributed by atoms with E-state index in [0.29, 0.717) is 19.5 Å². The predicted molar refractivity (Wildman–Crippen MR) is 127 cm³/mol. The van der Waals surface area contributed by atoms with Crippen molar-refractivity contribution in [3.05, 3.63) is 47.5 Å². The van der Waals surface area contributed by atoms with Gasteiger partial charge in [0.15, 0.2) is 5.65 Å². The maximum Gasteiger partial charge on any atom is 0.221 e. The van der Waals surface area contributed by atoms with Gasteiger partial charge in [-0.1, -0.05) is 18.2 Å². The van der Waals surface area contributed by atoms with E-state index in [-0.39, 0.29) is 5.91 Å². The molecule has 0 bridgehead atoms. The molecule has 0 atom stereocenters. The van der Waals surface area contributed by atoms with E-state index in [1.54, 1.807) is 0 Å². The van der Waals surface area contributed by atoms with E-state index in [4.69, 9.17) is 14.7 Å². The molecule has 0 saturated carbocycles. The summed E-state index contributed by atoms with van der Waals surface area (Å²) in [5.74, 6) is 0.0596. The van der Waals surface area contributed by atoms with Crippen LogP contribution in [-0.4, -0.2) is 64.7 Å². The smallest absolute Gasteiger partial charge is 0.221 e. The SMILES string of the molecule is Cc1cc2nc3c4ccccc4n(CCC(=O)NCCN4CCOCC4)c3nc2cc1C. The maximum atomic E-state index is 12.5. The number of benzene rings is 2. The minimum absolute atomic E-state index is 0.0596. The van der Waals surface area contributed by atoms with Gasteiger partial charge in [0, 0.05) is 44.5 Å². The van der Waals surface area contributed by atoms with Crippen LogP contribution in [0.4, 0.5) is 0 Å². The summed E-state index contributed by atoms with van der Waals surface area (Å²) in [6.45, 7) is 9.70. The van der Waals surface area contributed by atoms with Crippen LogP contribution >= 0.6 is 0 Å². The number of hydrogen-bond acceptors (Lipinski definition) is 5. The minimum atomic E-state index is 0.0596. The van der Waals surface area contributed by atoms with Gasteiger partial charge in [-0.2, -0.15) is 0 Å². The summed E-state index contributed by atoms with van der Waals surface area (Å²) in [4.78, 5) is 24.8. The number of hydrogen-bond donors (Lipinski definition) is 1. The molecule has 1 fully saturated rings. The van der Waals surface area contributed by atoms with Gasteiger partial charge in [0.2, 0.25) is 5.91 Å². The Hall–Kier alpha value is -3.03. The first kappa shape index (κ1) is 20.8. The second-order valence-corrected chi connectivity index (χ2v) is 8.54. The highest BCUT2D eigenvalue weighted by atomic mass is 16.5. The summed E-state index contributed by atoms with van der Waals surface area (Å²) in [5.41, 5.74) is 7.00. The fraction of sp³-hybridized carbons (Fsp3) is 0.400. The molecule has 5 rings (SSSR count). The molecular formula is C25H29N5O2. The summed E-state index contributed by atoms with van der Waals surface area (Å²) >= 11 is 0. The lowest BCUT2D eigenvalue weighted by molar-refractivity contribution is -0.121. The Morgan fingerprint density at radius 1 is 1.03 bits per heavy atom. The molecule has 7 nitrogen and oxygen atoms in total. The van der Waals surface area contributed by atoms with Crippen molar-refractivity contribution in [2.24, 2.45) is 0 Å². The molecule has 0 radical (unpaired) electrons. The lowest BCUT2D eigenvalue weighted by atomic mass is 10.1. The van der Waals surface area contributed by atoms with E-state index in [0.717, 1.165) is 65.9 Å². The maximum absolute atomic E-state index is 12.5. The van der Waals surface area contributed by atoms with Crippen LogP contribution in [0.5, 0.6) is 0 Å². The first-order chi connectivity index (χ1) is 15.6. The van der Waals surface area contributed by atoms with Gasteiger partial charge in [0.05, 0.1) is 29.8 Å². The molecule has 3 heterocycles. The van der Waals surface area contributed by atoms with Gasteiger partial charge < -0.3 is 14.6 Å². The predicted octanol–water partition coefficient (Wildman–Crippen LogP) is 3.19. The van der Waals surface area contributed by atoms with Crippen molar-refractivity contribution < 1.29 is 9.53 Å². The number of ether oxygens (including phenoxy) is 1. The van der Waals surface area contributed by atoms with Gasteiger partial charge in [0.25, 0.3) is 0 Å². The Kier molecular flexibility index (Phi) is 5.76. The number of rotatable bonds is 6. The number of nitrogens with one attached hydrogen (secondary N) is 1. The molecule has 1 aliphatic heterocycles. The van der Waals surface area contributed by atoms with Crippen LogP contribution in [0.2, 0.25) is 0 Å². The summed E-state index contributed by atoms with van der Waals surface area (Å²) in [7, 11) is 0. The van der Waals surface area contributed by atoms with E-state index in [1.807, 2.05) is 12.1 Å². The highest BCUT2D eigenvalue weighted by Crippen LogP contribution is 2.29. The molecule has 1 aliphatic rings. The normalized spacial score (nSPS) is 15.1. The van der Waals surface area contributed by atoms with Crippen LogP contribution in [-0.2, 0) is 16.1 Å². The zero-order chi connectivity index (χ0) is 22.1. The Morgan fingerprint density at radius 2 is 1.75 bits per heavy atom. The molecule has 0 spiro atoms. The second kappa shape index (κ2) is 8.84. The molecule has 1 N–H and O–H groups in total. The number of morpholine rings is 1. The Bertz CT molecular complexity index is 1290. The van der Waals surface area contributed by atoms with Gasteiger partial charge in [-0.25, -0.2) is 9.97 Å². The van der Waals surface area contributed by atoms with E-state index in [1.165, 1.54) is 11.1 Å². The molecular weight excluding hydrogens is 402 g/mol. The fourth-order valence-corrected chi connectivity index (χ4v) is 4.40. The quantitative estimate of drug-likeness (QED) is 0.508. The minimum Gasteiger partial charge on any atom is -0.379 e. The first-order valence-corrected chi connectivity index (χ1v) is 11.3. The van der Waals surface area contributed by atoms with E-state index >= 15 is 0 Å². The summed E-state index contributed by atoms with van der Waals surface area (Å²) < 4.78 is 7.51. The van der Waals surface area contributed by atoms with E-state index in [9.17, 15) is 4.79 Å². The zero-order valence-electron chi connectivity index (χ0n) is 18.7. The average molecular weight is 432 g/mol. The number of fused-ring (bicyclic) bond motifs is 4. The van der Waals surface area contributed by atoms with Crippen molar-refractivity contribution in [1.29, 1.82) is 0 Å². The summed E-state index contributed by atoms with van der Waals surface area (Å²) in [5, 5.41) is 4.13. The van der Waals surface area contributed by atoms with Crippen molar-refractivity contribution >= 4 is 39.0 Å². The molecule has 0 aliphatic carbocycles. The van der Waals surface area contributed by atoms with Gasteiger partial charge in [-0.15, -0.1) is 0 Å². The largest absolute Gasteiger partial charge is 0.379 e. The number of para-hydroxylation sites is 1. The second-order valence-electron chi connectivity index (χ2n) is 8.54. The van der Waals surface area contributed by atoms with Crippen LogP contribution in [0.1, 0.15) is 17.5 Å². The topological polar surface area (TPSA) is 72.3 Å². The molecule has 0 unspecified atom stereocenters. The number of aryl methyl sites for hydroxylation is 3. The molecule has 1 saturated heterocycles. The monoisotopic (exact) mass is 431 g/mol. The van der Waals surface area contributed by atoms with Crippen LogP contribution < -0.4 is 5.32 Å². The third-order valence-electron chi connectivity index (χ3n) is 6.38. The Balaban J connectivity index is 1.38. The van der Waals surface area contributed by atoms with Crippen LogP contribution in [0, 0.1) is 13.8 Å². The van der Waals surface area contributed by atoms with Crippen molar-refractivity contribution in [3.63, 3.8) is 0 Å². The number of aromatic nitrogens is 3. The van der Waals surface area contributed by atoms with Gasteiger partial charge in [0.1, 0.15) is 5.52 Å². The third kappa shape index (κ3) is 4.06. The van der Waals surface area contributed by atoms with Crippen molar-refractivity contribution in [2.45, 2.75) is 26.8 Å². The Labute approximate surface area is 187 Å². The number of amides is 1. The van der Waals surface area contributed by atoms with Crippen molar-refractivity contribution in [2.75, 3.05) is 39.4 Å². The van der Waals surface area contributed by atoms with Crippen molar-refractivity contribution in [3.8, 4) is 0 Å². The lowest BCUT2D eigenvalue weighted by Crippen LogP contribution is -2.41. The van der Waals surface area contributed by atoms with E-state index < -0.39 is 0 Å². The fourth-order valence-electron chi connectivity index (χ4n) is 4.40. The number of nitrogens with zero attached hydrogens (tertiary/aromatic N) is 4. The molecule has 166 valence electrons. The molecule has 4 aromatic rings. The number of carbonyl (C=O) groups excluding carboxylic acids is 1. The van der Waals surface area contributed by atoms with Crippen LogP contribution in [0.15, 0.2) is 36.4 Å². The van der Waals surface area contributed by atoms with Gasteiger partial charge >= 0.3 is 0 Å². The molecule has 2 aromatic carbocycles. The van der Waals surface area contributed by atoms with Crippen LogP contribution in [0.25, 0.3) is 33.1 Å². The van der Waals surface area contributed by atoms with Crippen molar-refractivity contribution in [1.82, 2.24) is 24.8 Å². The number of carbonyl (C=O) groups is 1. The molecule has 7 heteroatoms. The lowest BCUT2D eigenvalue weighted by Gasteiger charge is -2.26. The van der Waals surface area contributed by atoms with Crippen LogP contribution in [0.3, 0.4) is 0 Å². The highest BCUT2D eigenvalue weighted by molar-refractivity contribution is 6.06. The molecule has 2 aromatic heterocycles.